The zero-order valence-corrected chi connectivity index (χ0v) is 12.4. The van der Waals surface area contributed by atoms with Crippen LogP contribution in [-0.4, -0.2) is 57.4 Å². The summed E-state index contributed by atoms with van der Waals surface area (Å²) in [7, 11) is 0. The average Bonchev–Trinajstić information content (AvgIpc) is 3.04. The van der Waals surface area contributed by atoms with Gasteiger partial charge in [-0.2, -0.15) is 0 Å². The van der Waals surface area contributed by atoms with Gasteiger partial charge in [0.2, 0.25) is 0 Å². The molecule has 0 bridgehead atoms. The molecule has 2 saturated heterocycles. The Morgan fingerprint density at radius 3 is 2.62 bits per heavy atom. The van der Waals surface area contributed by atoms with Crippen molar-refractivity contribution >= 4 is 5.69 Å². The highest BCUT2D eigenvalue weighted by atomic mass is 19.1. The Bertz CT molecular complexity index is 458. The Kier molecular flexibility index (Phi) is 4.93. The van der Waals surface area contributed by atoms with E-state index in [1.807, 2.05) is 0 Å². The highest BCUT2D eigenvalue weighted by molar-refractivity contribution is 5.59. The molecular weight excluding hydrogens is 271 g/mol. The first kappa shape index (κ1) is 14.6. The second kappa shape index (κ2) is 7.09. The molecule has 0 atom stereocenters. The van der Waals surface area contributed by atoms with E-state index in [4.69, 9.17) is 9.47 Å². The number of hydrogen-bond acceptors (Lipinski definition) is 4. The minimum atomic E-state index is -0.197. The Morgan fingerprint density at radius 2 is 1.86 bits per heavy atom. The van der Waals surface area contributed by atoms with E-state index in [-0.39, 0.29) is 5.82 Å². The van der Waals surface area contributed by atoms with E-state index >= 15 is 0 Å². The SMILES string of the molecule is Fc1ccc(OCCN2CCOCC2)c(N2CCCC2)c1. The fourth-order valence-electron chi connectivity index (χ4n) is 2.93. The van der Waals surface area contributed by atoms with Crippen LogP contribution in [0.2, 0.25) is 0 Å². The van der Waals surface area contributed by atoms with Crippen LogP contribution in [0.25, 0.3) is 0 Å². The monoisotopic (exact) mass is 294 g/mol. The summed E-state index contributed by atoms with van der Waals surface area (Å²) < 4.78 is 24.8. The lowest BCUT2D eigenvalue weighted by Gasteiger charge is -2.27. The summed E-state index contributed by atoms with van der Waals surface area (Å²) in [5, 5.41) is 0. The second-order valence-corrected chi connectivity index (χ2v) is 5.61. The molecule has 21 heavy (non-hydrogen) atoms. The number of halogens is 1. The van der Waals surface area contributed by atoms with Crippen molar-refractivity contribution in [2.45, 2.75) is 12.8 Å². The Hall–Kier alpha value is -1.33. The first-order chi connectivity index (χ1) is 10.3. The standard InChI is InChI=1S/C16H23FN2O2/c17-14-3-4-16(15(13-14)19-5-1-2-6-19)21-12-9-18-7-10-20-11-8-18/h3-4,13H,1-2,5-12H2. The number of anilines is 1. The molecule has 3 rings (SSSR count). The van der Waals surface area contributed by atoms with Crippen molar-refractivity contribution in [2.75, 3.05) is 57.4 Å². The largest absolute Gasteiger partial charge is 0.490 e. The van der Waals surface area contributed by atoms with Gasteiger partial charge in [-0.25, -0.2) is 4.39 Å². The van der Waals surface area contributed by atoms with E-state index in [1.165, 1.54) is 18.9 Å². The number of morpholine rings is 1. The van der Waals surface area contributed by atoms with Crippen molar-refractivity contribution < 1.29 is 13.9 Å². The zero-order valence-electron chi connectivity index (χ0n) is 12.4. The van der Waals surface area contributed by atoms with Crippen LogP contribution < -0.4 is 9.64 Å². The lowest BCUT2D eigenvalue weighted by molar-refractivity contribution is 0.0323. The predicted molar refractivity (Wildman–Crippen MR) is 80.6 cm³/mol. The van der Waals surface area contributed by atoms with E-state index in [1.54, 1.807) is 12.1 Å². The molecule has 2 heterocycles. The summed E-state index contributed by atoms with van der Waals surface area (Å²) in [5.74, 6) is 0.601. The van der Waals surface area contributed by atoms with Crippen LogP contribution in [-0.2, 0) is 4.74 Å². The van der Waals surface area contributed by atoms with Crippen LogP contribution in [0.3, 0.4) is 0 Å². The third-order valence-electron chi connectivity index (χ3n) is 4.14. The Morgan fingerprint density at radius 1 is 1.10 bits per heavy atom. The predicted octanol–water partition coefficient (Wildman–Crippen LogP) is 2.14. The van der Waals surface area contributed by atoms with Gasteiger partial charge < -0.3 is 14.4 Å². The van der Waals surface area contributed by atoms with Crippen LogP contribution in [0.5, 0.6) is 5.75 Å². The maximum atomic E-state index is 13.5. The van der Waals surface area contributed by atoms with Gasteiger partial charge in [0.15, 0.2) is 0 Å². The molecule has 2 fully saturated rings. The van der Waals surface area contributed by atoms with Crippen molar-refractivity contribution in [3.05, 3.63) is 24.0 Å². The molecular formula is C16H23FN2O2. The van der Waals surface area contributed by atoms with Gasteiger partial charge in [0.05, 0.1) is 18.9 Å². The van der Waals surface area contributed by atoms with Crippen molar-refractivity contribution in [2.24, 2.45) is 0 Å². The fourth-order valence-corrected chi connectivity index (χ4v) is 2.93. The van der Waals surface area contributed by atoms with Gasteiger partial charge in [-0.1, -0.05) is 0 Å². The van der Waals surface area contributed by atoms with Gasteiger partial charge in [0.25, 0.3) is 0 Å². The summed E-state index contributed by atoms with van der Waals surface area (Å²) >= 11 is 0. The van der Waals surface area contributed by atoms with E-state index < -0.39 is 0 Å². The van der Waals surface area contributed by atoms with Crippen molar-refractivity contribution in [1.82, 2.24) is 4.90 Å². The Labute approximate surface area is 125 Å². The number of benzene rings is 1. The van der Waals surface area contributed by atoms with Gasteiger partial charge in [0, 0.05) is 38.8 Å². The maximum Gasteiger partial charge on any atom is 0.142 e. The molecule has 0 saturated carbocycles. The van der Waals surface area contributed by atoms with Gasteiger partial charge in [-0.3, -0.25) is 4.90 Å². The van der Waals surface area contributed by atoms with Crippen molar-refractivity contribution in [3.8, 4) is 5.75 Å². The molecule has 0 aromatic heterocycles. The second-order valence-electron chi connectivity index (χ2n) is 5.61. The van der Waals surface area contributed by atoms with E-state index in [9.17, 15) is 4.39 Å². The third-order valence-corrected chi connectivity index (χ3v) is 4.14. The molecule has 5 heteroatoms. The first-order valence-electron chi connectivity index (χ1n) is 7.80. The zero-order chi connectivity index (χ0) is 14.5. The third kappa shape index (κ3) is 3.86. The van der Waals surface area contributed by atoms with Gasteiger partial charge in [0.1, 0.15) is 18.2 Å². The van der Waals surface area contributed by atoms with E-state index in [0.717, 1.165) is 57.4 Å². The quantitative estimate of drug-likeness (QED) is 0.830. The van der Waals surface area contributed by atoms with Crippen LogP contribution in [0.15, 0.2) is 18.2 Å². The Balaban J connectivity index is 1.58. The number of nitrogens with zero attached hydrogens (tertiary/aromatic N) is 2. The maximum absolute atomic E-state index is 13.5. The fraction of sp³-hybridized carbons (Fsp3) is 0.625. The molecule has 1 aromatic rings. The van der Waals surface area contributed by atoms with Crippen LogP contribution in [0.4, 0.5) is 10.1 Å². The summed E-state index contributed by atoms with van der Waals surface area (Å²) in [4.78, 5) is 4.55. The van der Waals surface area contributed by atoms with Crippen molar-refractivity contribution in [3.63, 3.8) is 0 Å². The summed E-state index contributed by atoms with van der Waals surface area (Å²) in [6.07, 6.45) is 2.34. The van der Waals surface area contributed by atoms with E-state index in [2.05, 4.69) is 9.80 Å². The number of hydrogen-bond donors (Lipinski definition) is 0. The number of ether oxygens (including phenoxy) is 2. The topological polar surface area (TPSA) is 24.9 Å². The van der Waals surface area contributed by atoms with Crippen molar-refractivity contribution in [1.29, 1.82) is 0 Å². The molecule has 1 aromatic carbocycles. The normalized spacial score (nSPS) is 20.0. The van der Waals surface area contributed by atoms with Crippen LogP contribution in [0.1, 0.15) is 12.8 Å². The van der Waals surface area contributed by atoms with Gasteiger partial charge >= 0.3 is 0 Å². The molecule has 2 aliphatic heterocycles. The average molecular weight is 294 g/mol. The minimum Gasteiger partial charge on any atom is -0.490 e. The molecule has 0 unspecified atom stereocenters. The van der Waals surface area contributed by atoms with Gasteiger partial charge in [-0.15, -0.1) is 0 Å². The lowest BCUT2D eigenvalue weighted by atomic mass is 10.2. The molecule has 0 aliphatic carbocycles. The number of rotatable bonds is 5. The minimum absolute atomic E-state index is 0.197. The smallest absolute Gasteiger partial charge is 0.142 e. The van der Waals surface area contributed by atoms with Gasteiger partial charge in [-0.05, 0) is 25.0 Å². The summed E-state index contributed by atoms with van der Waals surface area (Å²) in [6, 6.07) is 4.82. The first-order valence-corrected chi connectivity index (χ1v) is 7.80. The molecule has 0 amide bonds. The molecule has 2 aliphatic rings. The summed E-state index contributed by atoms with van der Waals surface area (Å²) in [6.45, 7) is 7.03. The molecule has 0 N–H and O–H groups in total. The van der Waals surface area contributed by atoms with E-state index in [0.29, 0.717) is 6.61 Å². The van der Waals surface area contributed by atoms with Crippen LogP contribution in [0, 0.1) is 5.82 Å². The lowest BCUT2D eigenvalue weighted by Crippen LogP contribution is -2.38. The molecule has 0 spiro atoms. The summed E-state index contributed by atoms with van der Waals surface area (Å²) in [5.41, 5.74) is 0.898. The molecule has 116 valence electrons. The highest BCUT2D eigenvalue weighted by Crippen LogP contribution is 2.31. The van der Waals surface area contributed by atoms with Crippen LogP contribution >= 0.6 is 0 Å². The molecule has 4 nitrogen and oxygen atoms in total. The highest BCUT2D eigenvalue weighted by Gasteiger charge is 2.18. The molecule has 0 radical (unpaired) electrons.